The molecule has 5 heteroatoms. The minimum absolute atomic E-state index is 0.380. The molecule has 0 fully saturated rings. The van der Waals surface area contributed by atoms with E-state index in [1.54, 1.807) is 0 Å². The molecule has 1 heterocycles. The van der Waals surface area contributed by atoms with Gasteiger partial charge in [0.1, 0.15) is 10.9 Å². The maximum Gasteiger partial charge on any atom is 0.317 e. The lowest BCUT2D eigenvalue weighted by Crippen LogP contribution is -2.14. The third kappa shape index (κ3) is 3.99. The third-order valence-electron chi connectivity index (χ3n) is 4.14. The van der Waals surface area contributed by atoms with Crippen molar-refractivity contribution in [1.29, 1.82) is 0 Å². The smallest absolute Gasteiger partial charge is 0.317 e. The standard InChI is InChI=1S/C21H21NO3S/c1-4-17(20(23)24)26-21-22-18(15-9-5-13(2)6-10-15)19(25-21)16-11-7-14(3)8-12-16/h5-12,17H,4H2,1-3H3,(H,23,24). The zero-order valence-corrected chi connectivity index (χ0v) is 15.8. The summed E-state index contributed by atoms with van der Waals surface area (Å²) in [5, 5.41) is 9.12. The lowest BCUT2D eigenvalue weighted by atomic mass is 10.0. The Morgan fingerprint density at radius 2 is 1.58 bits per heavy atom. The number of aryl methyl sites for hydroxylation is 2. The van der Waals surface area contributed by atoms with Gasteiger partial charge in [-0.05, 0) is 20.3 Å². The van der Waals surface area contributed by atoms with Crippen molar-refractivity contribution in [3.63, 3.8) is 0 Å². The second kappa shape index (κ2) is 7.79. The normalized spacial score (nSPS) is 12.1. The molecule has 0 aliphatic rings. The molecule has 1 unspecified atom stereocenters. The van der Waals surface area contributed by atoms with Crippen LogP contribution in [0.4, 0.5) is 0 Å². The van der Waals surface area contributed by atoms with Gasteiger partial charge in [-0.25, -0.2) is 4.98 Å². The summed E-state index contributed by atoms with van der Waals surface area (Å²) >= 11 is 1.15. The number of oxazole rings is 1. The first kappa shape index (κ1) is 18.3. The van der Waals surface area contributed by atoms with Crippen molar-refractivity contribution in [2.45, 2.75) is 37.7 Å². The van der Waals surface area contributed by atoms with Gasteiger partial charge in [0.05, 0.1) is 0 Å². The number of hydrogen-bond acceptors (Lipinski definition) is 4. The van der Waals surface area contributed by atoms with Crippen LogP contribution in [0.3, 0.4) is 0 Å². The fraction of sp³-hybridized carbons (Fsp3) is 0.238. The van der Waals surface area contributed by atoms with Crippen LogP contribution in [0.5, 0.6) is 0 Å². The zero-order chi connectivity index (χ0) is 18.7. The molecule has 3 rings (SSSR count). The monoisotopic (exact) mass is 367 g/mol. The molecule has 1 aromatic heterocycles. The lowest BCUT2D eigenvalue weighted by molar-refractivity contribution is -0.136. The predicted octanol–water partition coefficient (Wildman–Crippen LogP) is 5.58. The van der Waals surface area contributed by atoms with Gasteiger partial charge >= 0.3 is 5.97 Å². The molecule has 0 radical (unpaired) electrons. The first-order valence-electron chi connectivity index (χ1n) is 8.52. The van der Waals surface area contributed by atoms with Crippen LogP contribution < -0.4 is 0 Å². The molecule has 1 N–H and O–H groups in total. The first-order valence-corrected chi connectivity index (χ1v) is 9.40. The van der Waals surface area contributed by atoms with Crippen LogP contribution in [0, 0.1) is 13.8 Å². The van der Waals surface area contributed by atoms with E-state index in [2.05, 4.69) is 4.98 Å². The summed E-state index contributed by atoms with van der Waals surface area (Å²) in [4.78, 5) is 16.0. The quantitative estimate of drug-likeness (QED) is 0.576. The van der Waals surface area contributed by atoms with E-state index in [4.69, 9.17) is 4.42 Å². The molecule has 0 amide bonds. The SMILES string of the molecule is CCC(Sc1nc(-c2ccc(C)cc2)c(-c2ccc(C)cc2)o1)C(=O)O. The van der Waals surface area contributed by atoms with Crippen LogP contribution in [0.2, 0.25) is 0 Å². The van der Waals surface area contributed by atoms with E-state index in [1.807, 2.05) is 69.3 Å². The number of aromatic nitrogens is 1. The molecule has 134 valence electrons. The van der Waals surface area contributed by atoms with Crippen LogP contribution in [0.15, 0.2) is 58.2 Å². The average molecular weight is 367 g/mol. The Labute approximate surface area is 157 Å². The Morgan fingerprint density at radius 3 is 2.08 bits per heavy atom. The molecular weight excluding hydrogens is 346 g/mol. The summed E-state index contributed by atoms with van der Waals surface area (Å²) < 4.78 is 6.00. The van der Waals surface area contributed by atoms with Gasteiger partial charge < -0.3 is 9.52 Å². The van der Waals surface area contributed by atoms with Crippen molar-refractivity contribution >= 4 is 17.7 Å². The van der Waals surface area contributed by atoms with E-state index in [-0.39, 0.29) is 0 Å². The van der Waals surface area contributed by atoms with Crippen molar-refractivity contribution in [3.8, 4) is 22.6 Å². The van der Waals surface area contributed by atoms with Crippen LogP contribution in [0.25, 0.3) is 22.6 Å². The van der Waals surface area contributed by atoms with E-state index in [9.17, 15) is 9.90 Å². The molecule has 0 aliphatic carbocycles. The highest BCUT2D eigenvalue weighted by molar-refractivity contribution is 8.00. The molecule has 0 bridgehead atoms. The van der Waals surface area contributed by atoms with Gasteiger partial charge in [-0.1, -0.05) is 78.3 Å². The van der Waals surface area contributed by atoms with E-state index < -0.39 is 11.2 Å². The molecule has 2 aromatic carbocycles. The molecule has 3 aromatic rings. The molecule has 0 aliphatic heterocycles. The minimum Gasteiger partial charge on any atom is -0.480 e. The Bertz CT molecular complexity index is 835. The summed E-state index contributed by atoms with van der Waals surface area (Å²) in [7, 11) is 0. The number of thioether (sulfide) groups is 1. The van der Waals surface area contributed by atoms with Crippen LogP contribution in [0.1, 0.15) is 24.5 Å². The highest BCUT2D eigenvalue weighted by atomic mass is 32.2. The third-order valence-corrected chi connectivity index (χ3v) is 5.33. The fourth-order valence-electron chi connectivity index (χ4n) is 2.59. The maximum absolute atomic E-state index is 11.4. The predicted molar refractivity (Wildman–Crippen MR) is 104 cm³/mol. The second-order valence-electron chi connectivity index (χ2n) is 6.24. The molecule has 0 spiro atoms. The summed E-state index contributed by atoms with van der Waals surface area (Å²) in [6.45, 7) is 5.91. The highest BCUT2D eigenvalue weighted by Gasteiger charge is 2.23. The average Bonchev–Trinajstić information content (AvgIpc) is 3.04. The minimum atomic E-state index is -0.857. The maximum atomic E-state index is 11.4. The van der Waals surface area contributed by atoms with Gasteiger partial charge in [0, 0.05) is 11.1 Å². The Kier molecular flexibility index (Phi) is 5.47. The number of rotatable bonds is 6. The van der Waals surface area contributed by atoms with Crippen molar-refractivity contribution < 1.29 is 14.3 Å². The number of aliphatic carboxylic acids is 1. The summed E-state index contributed by atoms with van der Waals surface area (Å²) in [6, 6.07) is 16.1. The van der Waals surface area contributed by atoms with Gasteiger partial charge in [-0.3, -0.25) is 4.79 Å². The van der Waals surface area contributed by atoms with Crippen molar-refractivity contribution in [2.24, 2.45) is 0 Å². The molecular formula is C21H21NO3S. The van der Waals surface area contributed by atoms with Gasteiger partial charge in [-0.15, -0.1) is 0 Å². The lowest BCUT2D eigenvalue weighted by Gasteiger charge is -2.04. The van der Waals surface area contributed by atoms with E-state index in [0.717, 1.165) is 34.1 Å². The van der Waals surface area contributed by atoms with Crippen LogP contribution >= 0.6 is 11.8 Å². The number of benzene rings is 2. The van der Waals surface area contributed by atoms with Gasteiger partial charge in [0.25, 0.3) is 5.22 Å². The van der Waals surface area contributed by atoms with Gasteiger partial charge in [0.2, 0.25) is 0 Å². The topological polar surface area (TPSA) is 63.3 Å². The summed E-state index contributed by atoms with van der Waals surface area (Å²) in [5.41, 5.74) is 4.94. The van der Waals surface area contributed by atoms with Gasteiger partial charge in [-0.2, -0.15) is 0 Å². The van der Waals surface area contributed by atoms with Gasteiger partial charge in [0.15, 0.2) is 5.76 Å². The van der Waals surface area contributed by atoms with Crippen molar-refractivity contribution in [1.82, 2.24) is 4.98 Å². The number of carboxylic acid groups (broad SMARTS) is 1. The fourth-order valence-corrected chi connectivity index (χ4v) is 3.37. The van der Waals surface area contributed by atoms with Crippen molar-refractivity contribution in [3.05, 3.63) is 59.7 Å². The number of carbonyl (C=O) groups is 1. The molecule has 1 atom stereocenters. The molecule has 4 nitrogen and oxygen atoms in total. The molecule has 0 saturated carbocycles. The molecule has 0 saturated heterocycles. The van der Waals surface area contributed by atoms with Crippen LogP contribution in [-0.4, -0.2) is 21.3 Å². The van der Waals surface area contributed by atoms with E-state index in [0.29, 0.717) is 17.4 Å². The zero-order valence-electron chi connectivity index (χ0n) is 15.0. The Morgan fingerprint density at radius 1 is 1.04 bits per heavy atom. The van der Waals surface area contributed by atoms with Crippen LogP contribution in [-0.2, 0) is 4.79 Å². The van der Waals surface area contributed by atoms with E-state index >= 15 is 0 Å². The second-order valence-corrected chi connectivity index (χ2v) is 7.40. The number of nitrogens with zero attached hydrogens (tertiary/aromatic N) is 1. The summed E-state index contributed by atoms with van der Waals surface area (Å²) in [5.74, 6) is -0.193. The Balaban J connectivity index is 2.06. The van der Waals surface area contributed by atoms with E-state index in [1.165, 1.54) is 5.56 Å². The first-order chi connectivity index (χ1) is 12.5. The molecule has 26 heavy (non-hydrogen) atoms. The largest absolute Gasteiger partial charge is 0.480 e. The number of hydrogen-bond donors (Lipinski definition) is 1. The van der Waals surface area contributed by atoms with Crippen molar-refractivity contribution in [2.75, 3.05) is 0 Å². The Hall–Kier alpha value is -2.53. The highest BCUT2D eigenvalue weighted by Crippen LogP contribution is 2.37. The number of carboxylic acids is 1. The summed E-state index contributed by atoms with van der Waals surface area (Å²) in [6.07, 6.45) is 0.502.